The third-order valence-corrected chi connectivity index (χ3v) is 8.76. The number of benzene rings is 3. The molecule has 0 saturated heterocycles. The Hall–Kier alpha value is -2.22. The topological polar surface area (TPSA) is 211 Å². The van der Waals surface area contributed by atoms with E-state index in [0.29, 0.717) is 5.75 Å². The summed E-state index contributed by atoms with van der Waals surface area (Å²) in [7, 11) is -8.59. The summed E-state index contributed by atoms with van der Waals surface area (Å²) in [6, 6.07) is 12.8. The molecule has 0 aliphatic carbocycles. The first kappa shape index (κ1) is 37.0. The number of aromatic nitrogens is 1. The molecule has 0 aliphatic heterocycles. The van der Waals surface area contributed by atoms with Gasteiger partial charge in [-0.05, 0) is 55.8 Å². The van der Waals surface area contributed by atoms with Gasteiger partial charge in [-0.2, -0.15) is 0 Å². The van der Waals surface area contributed by atoms with E-state index in [1.165, 1.54) is 38.3 Å². The fraction of sp³-hybridized carbons (Fsp3) is 0.120. The molecule has 1 aromatic heterocycles. The quantitative estimate of drug-likeness (QED) is 0.0742. The van der Waals surface area contributed by atoms with Gasteiger partial charge in [0, 0.05) is 5.56 Å². The molecule has 43 heavy (non-hydrogen) atoms. The summed E-state index contributed by atoms with van der Waals surface area (Å²) in [6.45, 7) is 2.62. The van der Waals surface area contributed by atoms with Gasteiger partial charge in [-0.15, -0.1) is 21.6 Å². The molecule has 0 aliphatic rings. The first-order valence-corrected chi connectivity index (χ1v) is 15.1. The molecule has 214 valence electrons. The molecule has 0 fully saturated rings. The molecule has 4 rings (SSSR count). The second-order valence-electron chi connectivity index (χ2n) is 8.46. The summed E-state index contributed by atoms with van der Waals surface area (Å²) in [4.78, 5) is 15.8. The van der Waals surface area contributed by atoms with E-state index in [9.17, 15) is 35.8 Å². The first-order valence-electron chi connectivity index (χ1n) is 11.4. The Bertz CT molecular complexity index is 1970. The van der Waals surface area contributed by atoms with E-state index in [2.05, 4.69) is 20.5 Å². The van der Waals surface area contributed by atoms with Crippen LogP contribution in [0, 0.1) is 6.92 Å². The van der Waals surface area contributed by atoms with Crippen molar-refractivity contribution < 1.29 is 99.7 Å². The predicted molar refractivity (Wildman–Crippen MR) is 147 cm³/mol. The second-order valence-corrected chi connectivity index (χ2v) is 12.1. The fourth-order valence-corrected chi connectivity index (χ4v) is 6.66. The van der Waals surface area contributed by atoms with Gasteiger partial charge in [0.05, 0.1) is 32.8 Å². The molecule has 0 saturated carbocycles. The van der Waals surface area contributed by atoms with E-state index >= 15 is 0 Å². The van der Waals surface area contributed by atoms with Gasteiger partial charge in [0.2, 0.25) is 0 Å². The number of aryl methyl sites for hydroxylation is 1. The van der Waals surface area contributed by atoms with Crippen molar-refractivity contribution in [2.24, 2.45) is 10.2 Å². The average molecular weight is 663 g/mol. The number of para-hydroxylation sites is 2. The van der Waals surface area contributed by atoms with Crippen LogP contribution in [0.1, 0.15) is 12.5 Å². The third-order valence-electron chi connectivity index (χ3n) is 5.61. The van der Waals surface area contributed by atoms with Crippen molar-refractivity contribution >= 4 is 59.1 Å². The molecule has 0 spiro atoms. The van der Waals surface area contributed by atoms with Crippen LogP contribution in [0.25, 0.3) is 20.8 Å². The number of thiazole rings is 1. The summed E-state index contributed by atoms with van der Waals surface area (Å²) < 4.78 is 77.1. The monoisotopic (exact) mass is 662 g/mol. The number of allylic oxidation sites excluding steroid dienone is 1. The van der Waals surface area contributed by atoms with Gasteiger partial charge in [-0.25, -0.2) is 21.8 Å². The van der Waals surface area contributed by atoms with Crippen LogP contribution in [0.15, 0.2) is 86.1 Å². The molecule has 0 atom stereocenters. The van der Waals surface area contributed by atoms with E-state index in [1.807, 2.05) is 0 Å². The zero-order valence-corrected chi connectivity index (χ0v) is 29.9. The largest absolute Gasteiger partial charge is 1.00 e. The minimum absolute atomic E-state index is 0. The molecule has 3 aromatic carbocycles. The number of azo groups is 1. The first-order chi connectivity index (χ1) is 19.2. The number of methoxy groups -OCH3 is 1. The molecule has 4 aromatic rings. The minimum Gasteiger partial charge on any atom is -0.744 e. The van der Waals surface area contributed by atoms with E-state index in [1.54, 1.807) is 18.2 Å². The average Bonchev–Trinajstić information content (AvgIpc) is 3.31. The van der Waals surface area contributed by atoms with Gasteiger partial charge in [-0.3, -0.25) is 4.79 Å². The molecule has 0 radical (unpaired) electrons. The van der Waals surface area contributed by atoms with E-state index < -0.39 is 53.1 Å². The van der Waals surface area contributed by atoms with Crippen molar-refractivity contribution in [3.05, 3.63) is 71.6 Å². The van der Waals surface area contributed by atoms with Gasteiger partial charge in [-0.1, -0.05) is 18.2 Å². The van der Waals surface area contributed by atoms with Gasteiger partial charge in [0.25, 0.3) is 5.91 Å². The maximum Gasteiger partial charge on any atom is 1.00 e. The molecule has 1 heterocycles. The van der Waals surface area contributed by atoms with Crippen LogP contribution in [0.2, 0.25) is 0 Å². The number of hydrogen-bond donors (Lipinski definition) is 2. The Morgan fingerprint density at radius 3 is 2.30 bits per heavy atom. The van der Waals surface area contributed by atoms with Crippen LogP contribution >= 0.6 is 11.3 Å². The van der Waals surface area contributed by atoms with Crippen LogP contribution < -0.4 is 69.2 Å². The number of carbonyl (C=O) groups is 1. The van der Waals surface area contributed by atoms with Crippen molar-refractivity contribution in [3.63, 3.8) is 0 Å². The molecular weight excluding hydrogens is 642 g/mol. The van der Waals surface area contributed by atoms with Crippen LogP contribution in [0.4, 0.5) is 11.4 Å². The number of amides is 1. The maximum atomic E-state index is 12.8. The molecule has 2 N–H and O–H groups in total. The number of rotatable bonds is 8. The molecular formula is C25H20N4Na2O9S3. The smallest absolute Gasteiger partial charge is 0.744 e. The van der Waals surface area contributed by atoms with Gasteiger partial charge >= 0.3 is 59.1 Å². The summed E-state index contributed by atoms with van der Waals surface area (Å²) in [6.07, 6.45) is 0. The number of nitrogens with zero attached hydrogens (tertiary/aromatic N) is 3. The molecule has 13 nitrogen and oxygen atoms in total. The Morgan fingerprint density at radius 2 is 1.70 bits per heavy atom. The number of aliphatic hydroxyl groups is 1. The van der Waals surface area contributed by atoms with Crippen molar-refractivity contribution in [1.82, 2.24) is 4.98 Å². The van der Waals surface area contributed by atoms with Crippen LogP contribution in [0.3, 0.4) is 0 Å². The number of nitrogens with one attached hydrogen (secondary N) is 1. The van der Waals surface area contributed by atoms with E-state index in [0.717, 1.165) is 30.4 Å². The Kier molecular flexibility index (Phi) is 12.6. The molecule has 0 bridgehead atoms. The zero-order valence-electron chi connectivity index (χ0n) is 23.5. The molecule has 18 heteroatoms. The van der Waals surface area contributed by atoms with Crippen molar-refractivity contribution in [1.29, 1.82) is 0 Å². The van der Waals surface area contributed by atoms with Crippen LogP contribution in [-0.4, -0.2) is 49.0 Å². The normalized spacial score (nSPS) is 12.3. The van der Waals surface area contributed by atoms with Gasteiger partial charge in [0.1, 0.15) is 42.4 Å². The number of carbonyl (C=O) groups excluding carboxylic acids is 1. The summed E-state index contributed by atoms with van der Waals surface area (Å²) in [5.74, 6) is -1.11. The van der Waals surface area contributed by atoms with Crippen molar-refractivity contribution in [3.8, 4) is 16.3 Å². The SMILES string of the molecule is COc1ccccc1NC(=O)/C(N=Nc1ccc(-c2nc3ccc(C)c(S(=O)(=O)[O-])c3s2)cc1S(=O)(=O)[O-])=C(\C)O.[Na+].[Na+]. The standard InChI is InChI=1S/C25H22N4O9S3.2Na/c1-13-8-10-18-22(23(13)41(35,36)37)39-25(27-18)15-9-11-17(20(12-15)40(32,33)34)28-29-21(14(2)30)24(31)26-16-6-4-5-7-19(16)38-3;;/h4-12,30H,1-3H3,(H,26,31)(H,32,33,34)(H,35,36,37);;/q;2*+1/p-2/b21-14-,29-28?;;. The van der Waals surface area contributed by atoms with Crippen LogP contribution in [-0.2, 0) is 25.0 Å². The Labute approximate surface area is 295 Å². The summed E-state index contributed by atoms with van der Waals surface area (Å²) >= 11 is 0.828. The van der Waals surface area contributed by atoms with Gasteiger partial charge < -0.3 is 24.3 Å². The number of fused-ring (bicyclic) bond motifs is 1. The second kappa shape index (κ2) is 14.7. The third kappa shape index (κ3) is 8.49. The maximum absolute atomic E-state index is 12.8. The Morgan fingerprint density at radius 1 is 1.02 bits per heavy atom. The number of hydrogen-bond acceptors (Lipinski definition) is 13. The van der Waals surface area contributed by atoms with E-state index in [-0.39, 0.29) is 91.2 Å². The number of ether oxygens (including phenoxy) is 1. The van der Waals surface area contributed by atoms with Crippen molar-refractivity contribution in [2.45, 2.75) is 23.6 Å². The molecule has 1 amide bonds. The van der Waals surface area contributed by atoms with E-state index in [4.69, 9.17) is 4.74 Å². The van der Waals surface area contributed by atoms with Crippen LogP contribution in [0.5, 0.6) is 5.75 Å². The summed E-state index contributed by atoms with van der Waals surface area (Å²) in [5.41, 5.74) is -0.210. The minimum atomic E-state index is -5.15. The zero-order chi connectivity index (χ0) is 30.1. The molecule has 0 unspecified atom stereocenters. The fourth-order valence-electron chi connectivity index (χ4n) is 3.75. The van der Waals surface area contributed by atoms with Gasteiger partial charge in [0.15, 0.2) is 5.70 Å². The number of aliphatic hydroxyl groups excluding tert-OH is 1. The Balaban J connectivity index is 0.00000323. The predicted octanol–water partition coefficient (Wildman–Crippen LogP) is -1.39. The summed E-state index contributed by atoms with van der Waals surface area (Å²) in [5, 5.41) is 20.1. The number of anilines is 1. The van der Waals surface area contributed by atoms with Crippen molar-refractivity contribution in [2.75, 3.05) is 12.4 Å².